The highest BCUT2D eigenvalue weighted by Crippen LogP contribution is 2.27. The summed E-state index contributed by atoms with van der Waals surface area (Å²) < 4.78 is 1.94. The molecular weight excluding hydrogens is 270 g/mol. The molecule has 0 saturated carbocycles. The van der Waals surface area contributed by atoms with Crippen LogP contribution in [0.5, 0.6) is 0 Å². The highest BCUT2D eigenvalue weighted by Gasteiger charge is 2.16. The van der Waals surface area contributed by atoms with Crippen molar-refractivity contribution in [2.75, 3.05) is 0 Å². The van der Waals surface area contributed by atoms with Crippen molar-refractivity contribution in [3.8, 4) is 11.3 Å². The lowest BCUT2D eigenvalue weighted by atomic mass is 10.1. The van der Waals surface area contributed by atoms with Crippen molar-refractivity contribution in [1.29, 1.82) is 0 Å². The van der Waals surface area contributed by atoms with Crippen molar-refractivity contribution >= 4 is 11.3 Å². The zero-order valence-corrected chi connectivity index (χ0v) is 12.0. The summed E-state index contributed by atoms with van der Waals surface area (Å²) in [5.74, 6) is 0. The van der Waals surface area contributed by atoms with E-state index in [1.165, 1.54) is 11.2 Å². The van der Waals surface area contributed by atoms with E-state index in [2.05, 4.69) is 44.7 Å². The second-order valence-corrected chi connectivity index (χ2v) is 5.51. The number of aromatic nitrogens is 5. The Balaban J connectivity index is 1.91. The first kappa shape index (κ1) is 12.9. The van der Waals surface area contributed by atoms with Gasteiger partial charge >= 0.3 is 0 Å². The summed E-state index contributed by atoms with van der Waals surface area (Å²) in [6.07, 6.45) is 9.14. The lowest BCUT2D eigenvalue weighted by molar-refractivity contribution is 0.477. The summed E-state index contributed by atoms with van der Waals surface area (Å²) in [5, 5.41) is 10.6. The first-order valence-corrected chi connectivity index (χ1v) is 7.47. The third-order valence-corrected chi connectivity index (χ3v) is 4.09. The fourth-order valence-corrected chi connectivity index (χ4v) is 3.01. The summed E-state index contributed by atoms with van der Waals surface area (Å²) in [5.41, 5.74) is 1.70. The van der Waals surface area contributed by atoms with Crippen molar-refractivity contribution in [3.63, 3.8) is 0 Å². The third-order valence-electron chi connectivity index (χ3n) is 3.12. The predicted molar refractivity (Wildman–Crippen MR) is 78.4 cm³/mol. The van der Waals surface area contributed by atoms with Crippen LogP contribution in [0.1, 0.15) is 30.7 Å². The topological polar surface area (TPSA) is 56.5 Å². The standard InChI is InChI=1S/C14H15N5S/c1-2-4-13(14-5-3-6-20-14)19-9-12(17-18-19)11-7-15-10-16-8-11/h3,5-10,13H,2,4H2,1H3/t13-/m1/s1. The molecule has 0 unspecified atom stereocenters. The molecule has 0 saturated heterocycles. The van der Waals surface area contributed by atoms with E-state index >= 15 is 0 Å². The Morgan fingerprint density at radius 1 is 1.30 bits per heavy atom. The minimum Gasteiger partial charge on any atom is -0.244 e. The van der Waals surface area contributed by atoms with Crippen molar-refractivity contribution in [2.24, 2.45) is 0 Å². The highest BCUT2D eigenvalue weighted by atomic mass is 32.1. The van der Waals surface area contributed by atoms with Gasteiger partial charge in [-0.1, -0.05) is 24.6 Å². The van der Waals surface area contributed by atoms with Gasteiger partial charge in [-0.05, 0) is 17.9 Å². The molecule has 3 aromatic heterocycles. The fraction of sp³-hybridized carbons (Fsp3) is 0.286. The number of rotatable bonds is 5. The SMILES string of the molecule is CCC[C@H](c1cccs1)n1cc(-c2cncnc2)nn1. The van der Waals surface area contributed by atoms with E-state index in [4.69, 9.17) is 0 Å². The molecule has 0 amide bonds. The Kier molecular flexibility index (Phi) is 3.83. The Morgan fingerprint density at radius 3 is 2.85 bits per heavy atom. The van der Waals surface area contributed by atoms with Crippen LogP contribution >= 0.6 is 11.3 Å². The molecule has 102 valence electrons. The second kappa shape index (κ2) is 5.92. The van der Waals surface area contributed by atoms with E-state index < -0.39 is 0 Å². The molecule has 0 spiro atoms. The van der Waals surface area contributed by atoms with Gasteiger partial charge in [0, 0.05) is 22.8 Å². The number of hydrogen-bond donors (Lipinski definition) is 0. The van der Waals surface area contributed by atoms with E-state index in [0.29, 0.717) is 0 Å². The monoisotopic (exact) mass is 285 g/mol. The second-order valence-electron chi connectivity index (χ2n) is 4.53. The minimum atomic E-state index is 0.255. The summed E-state index contributed by atoms with van der Waals surface area (Å²) in [6, 6.07) is 4.48. The Morgan fingerprint density at radius 2 is 2.15 bits per heavy atom. The fourth-order valence-electron chi connectivity index (χ4n) is 2.15. The van der Waals surface area contributed by atoms with Gasteiger partial charge in [0.1, 0.15) is 12.0 Å². The van der Waals surface area contributed by atoms with E-state index in [1.807, 2.05) is 10.9 Å². The van der Waals surface area contributed by atoms with Crippen LogP contribution in [0.3, 0.4) is 0 Å². The molecule has 0 aliphatic carbocycles. The van der Waals surface area contributed by atoms with Crippen LogP contribution in [-0.4, -0.2) is 25.0 Å². The maximum Gasteiger partial charge on any atom is 0.116 e. The van der Waals surface area contributed by atoms with Crippen molar-refractivity contribution in [2.45, 2.75) is 25.8 Å². The molecule has 0 aliphatic rings. The maximum atomic E-state index is 4.29. The highest BCUT2D eigenvalue weighted by molar-refractivity contribution is 7.10. The zero-order chi connectivity index (χ0) is 13.8. The van der Waals surface area contributed by atoms with E-state index in [1.54, 1.807) is 23.7 Å². The molecule has 0 N–H and O–H groups in total. The van der Waals surface area contributed by atoms with Crippen LogP contribution in [0, 0.1) is 0 Å². The lowest BCUT2D eigenvalue weighted by Crippen LogP contribution is -2.09. The van der Waals surface area contributed by atoms with Gasteiger partial charge in [0.05, 0.1) is 12.2 Å². The first-order chi connectivity index (χ1) is 9.88. The Hall–Kier alpha value is -2.08. The molecule has 0 fully saturated rings. The zero-order valence-electron chi connectivity index (χ0n) is 11.2. The normalized spacial score (nSPS) is 12.4. The summed E-state index contributed by atoms with van der Waals surface area (Å²) in [7, 11) is 0. The van der Waals surface area contributed by atoms with Gasteiger partial charge in [-0.2, -0.15) is 0 Å². The van der Waals surface area contributed by atoms with E-state index in [9.17, 15) is 0 Å². The molecule has 3 aromatic rings. The van der Waals surface area contributed by atoms with Gasteiger partial charge in [-0.25, -0.2) is 14.6 Å². The molecule has 5 nitrogen and oxygen atoms in total. The minimum absolute atomic E-state index is 0.255. The van der Waals surface area contributed by atoms with E-state index in [-0.39, 0.29) is 6.04 Å². The Bertz CT molecular complexity index is 647. The van der Waals surface area contributed by atoms with Crippen LogP contribution in [0.25, 0.3) is 11.3 Å². The van der Waals surface area contributed by atoms with Crippen LogP contribution in [-0.2, 0) is 0 Å². The van der Waals surface area contributed by atoms with Gasteiger partial charge in [0.25, 0.3) is 0 Å². The molecule has 0 aromatic carbocycles. The van der Waals surface area contributed by atoms with Crippen LogP contribution in [0.2, 0.25) is 0 Å². The largest absolute Gasteiger partial charge is 0.244 e. The average Bonchev–Trinajstić information content (AvgIpc) is 3.17. The molecule has 6 heteroatoms. The maximum absolute atomic E-state index is 4.29. The van der Waals surface area contributed by atoms with E-state index in [0.717, 1.165) is 24.1 Å². The van der Waals surface area contributed by atoms with Gasteiger partial charge in [-0.3, -0.25) is 0 Å². The lowest BCUT2D eigenvalue weighted by Gasteiger charge is -2.13. The van der Waals surface area contributed by atoms with Crippen molar-refractivity contribution in [3.05, 3.63) is 47.3 Å². The molecule has 0 aliphatic heterocycles. The van der Waals surface area contributed by atoms with Crippen molar-refractivity contribution in [1.82, 2.24) is 25.0 Å². The molecule has 0 bridgehead atoms. The van der Waals surface area contributed by atoms with Gasteiger partial charge < -0.3 is 0 Å². The predicted octanol–water partition coefficient (Wildman–Crippen LogP) is 3.19. The first-order valence-electron chi connectivity index (χ1n) is 6.59. The van der Waals surface area contributed by atoms with Crippen LogP contribution < -0.4 is 0 Å². The molecule has 3 heterocycles. The average molecular weight is 285 g/mol. The van der Waals surface area contributed by atoms with Crippen molar-refractivity contribution < 1.29 is 0 Å². The number of thiophene rings is 1. The molecule has 1 atom stereocenters. The number of hydrogen-bond acceptors (Lipinski definition) is 5. The summed E-state index contributed by atoms with van der Waals surface area (Å²) in [6.45, 7) is 2.18. The quantitative estimate of drug-likeness (QED) is 0.722. The van der Waals surface area contributed by atoms with Gasteiger partial charge in [-0.15, -0.1) is 16.4 Å². The third kappa shape index (κ3) is 2.60. The van der Waals surface area contributed by atoms with Gasteiger partial charge in [0.2, 0.25) is 0 Å². The van der Waals surface area contributed by atoms with Crippen LogP contribution in [0.4, 0.5) is 0 Å². The number of nitrogens with zero attached hydrogens (tertiary/aromatic N) is 5. The Labute approximate surface area is 121 Å². The summed E-state index contributed by atoms with van der Waals surface area (Å²) in [4.78, 5) is 9.34. The molecule has 0 radical (unpaired) electrons. The summed E-state index contributed by atoms with van der Waals surface area (Å²) >= 11 is 1.76. The molecule has 20 heavy (non-hydrogen) atoms. The molecular formula is C14H15N5S. The molecule has 3 rings (SSSR count). The van der Waals surface area contributed by atoms with Gasteiger partial charge in [0.15, 0.2) is 0 Å². The smallest absolute Gasteiger partial charge is 0.116 e. The van der Waals surface area contributed by atoms with Crippen LogP contribution in [0.15, 0.2) is 42.4 Å².